The van der Waals surface area contributed by atoms with E-state index in [2.05, 4.69) is 11.4 Å². The zero-order valence-corrected chi connectivity index (χ0v) is 7.00. The maximum Gasteiger partial charge on any atom is 0.0700 e. The van der Waals surface area contributed by atoms with Gasteiger partial charge in [-0.1, -0.05) is 0 Å². The molecule has 0 aromatic heterocycles. The topological polar surface area (TPSA) is 35.8 Å². The number of halogens is 1. The molecule has 10 heavy (non-hydrogen) atoms. The van der Waals surface area contributed by atoms with E-state index in [9.17, 15) is 0 Å². The fourth-order valence-electron chi connectivity index (χ4n) is 1.15. The normalized spacial score (nSPS) is 32.0. The lowest BCUT2D eigenvalue weighted by Crippen LogP contribution is -2.36. The zero-order chi connectivity index (χ0) is 6.74. The van der Waals surface area contributed by atoms with Crippen LogP contribution in [0.15, 0.2) is 0 Å². The van der Waals surface area contributed by atoms with Crippen LogP contribution >= 0.6 is 12.4 Å². The van der Waals surface area contributed by atoms with Crippen LogP contribution < -0.4 is 5.32 Å². The number of nitriles is 1. The van der Waals surface area contributed by atoms with E-state index < -0.39 is 0 Å². The molecule has 1 atom stereocenters. The molecule has 1 aliphatic rings. The van der Waals surface area contributed by atoms with E-state index in [4.69, 9.17) is 5.26 Å². The van der Waals surface area contributed by atoms with E-state index in [0.717, 1.165) is 25.9 Å². The van der Waals surface area contributed by atoms with Crippen LogP contribution in [-0.2, 0) is 0 Å². The van der Waals surface area contributed by atoms with Gasteiger partial charge in [0.15, 0.2) is 0 Å². The Morgan fingerprint density at radius 1 is 1.60 bits per heavy atom. The predicted octanol–water partition coefficient (Wildman–Crippen LogP) is 1.32. The van der Waals surface area contributed by atoms with Gasteiger partial charge >= 0.3 is 0 Å². The summed E-state index contributed by atoms with van der Waals surface area (Å²) in [6.45, 7) is 3.96. The highest BCUT2D eigenvalue weighted by Gasteiger charge is 2.25. The highest BCUT2D eigenvalue weighted by molar-refractivity contribution is 5.85. The molecule has 1 saturated heterocycles. The summed E-state index contributed by atoms with van der Waals surface area (Å²) in [6, 6.07) is 2.32. The van der Waals surface area contributed by atoms with E-state index in [-0.39, 0.29) is 17.8 Å². The smallest absolute Gasteiger partial charge is 0.0700 e. The molecule has 1 aliphatic heterocycles. The summed E-state index contributed by atoms with van der Waals surface area (Å²) in [6.07, 6.45) is 2.20. The van der Waals surface area contributed by atoms with Gasteiger partial charge in [-0.25, -0.2) is 0 Å². The second-order valence-electron chi connectivity index (χ2n) is 2.95. The average molecular weight is 161 g/mol. The molecule has 3 heteroatoms. The predicted molar refractivity (Wildman–Crippen MR) is 43.1 cm³/mol. The van der Waals surface area contributed by atoms with E-state index in [1.54, 1.807) is 0 Å². The fraction of sp³-hybridized carbons (Fsp3) is 0.857. The van der Waals surface area contributed by atoms with Crippen LogP contribution in [0, 0.1) is 16.7 Å². The molecule has 0 aromatic rings. The summed E-state index contributed by atoms with van der Waals surface area (Å²) in [4.78, 5) is 0. The number of rotatable bonds is 0. The Bertz CT molecular complexity index is 133. The van der Waals surface area contributed by atoms with Gasteiger partial charge in [-0.15, -0.1) is 12.4 Å². The Hall–Kier alpha value is -0.260. The molecule has 1 N–H and O–H groups in total. The van der Waals surface area contributed by atoms with Crippen LogP contribution in [0.1, 0.15) is 19.8 Å². The highest BCUT2D eigenvalue weighted by atomic mass is 35.5. The summed E-state index contributed by atoms with van der Waals surface area (Å²) < 4.78 is 0. The second kappa shape index (κ2) is 3.80. The van der Waals surface area contributed by atoms with Crippen molar-refractivity contribution in [3.8, 4) is 6.07 Å². The molecule has 0 spiro atoms. The minimum atomic E-state index is -0.0851. The van der Waals surface area contributed by atoms with Gasteiger partial charge in [-0.05, 0) is 26.3 Å². The molecule has 0 aliphatic carbocycles. The Balaban J connectivity index is 0.000000810. The molecule has 1 rings (SSSR count). The van der Waals surface area contributed by atoms with Crippen molar-refractivity contribution in [2.45, 2.75) is 19.8 Å². The van der Waals surface area contributed by atoms with Crippen molar-refractivity contribution in [2.75, 3.05) is 13.1 Å². The minimum absolute atomic E-state index is 0. The molecular formula is C7H13ClN2. The van der Waals surface area contributed by atoms with Crippen LogP contribution in [0.4, 0.5) is 0 Å². The monoisotopic (exact) mass is 160 g/mol. The summed E-state index contributed by atoms with van der Waals surface area (Å²) >= 11 is 0. The third-order valence-corrected chi connectivity index (χ3v) is 1.87. The van der Waals surface area contributed by atoms with Gasteiger partial charge in [0.2, 0.25) is 0 Å². The Morgan fingerprint density at radius 2 is 2.30 bits per heavy atom. The molecule has 0 aromatic carbocycles. The highest BCUT2D eigenvalue weighted by Crippen LogP contribution is 2.23. The molecule has 1 unspecified atom stereocenters. The molecule has 0 saturated carbocycles. The van der Waals surface area contributed by atoms with Crippen LogP contribution in [0.2, 0.25) is 0 Å². The van der Waals surface area contributed by atoms with Gasteiger partial charge in [0.25, 0.3) is 0 Å². The third kappa shape index (κ3) is 2.17. The first kappa shape index (κ1) is 9.74. The van der Waals surface area contributed by atoms with Crippen molar-refractivity contribution in [1.29, 1.82) is 5.26 Å². The fourth-order valence-corrected chi connectivity index (χ4v) is 1.15. The quantitative estimate of drug-likeness (QED) is 0.580. The van der Waals surface area contributed by atoms with E-state index >= 15 is 0 Å². The van der Waals surface area contributed by atoms with Gasteiger partial charge in [0.05, 0.1) is 11.5 Å². The van der Waals surface area contributed by atoms with Crippen molar-refractivity contribution in [3.05, 3.63) is 0 Å². The molecular weight excluding hydrogens is 148 g/mol. The van der Waals surface area contributed by atoms with Gasteiger partial charge in [-0.3, -0.25) is 0 Å². The first-order valence-electron chi connectivity index (χ1n) is 3.39. The Labute approximate surface area is 68.0 Å². The first-order chi connectivity index (χ1) is 4.27. The van der Waals surface area contributed by atoms with Crippen molar-refractivity contribution < 1.29 is 0 Å². The molecule has 0 bridgehead atoms. The standard InChI is InChI=1S/C7H12N2.ClH/c1-7(5-8)3-2-4-9-6-7;/h9H,2-4,6H2,1H3;1H. The lowest BCUT2D eigenvalue weighted by molar-refractivity contribution is 0.317. The molecule has 0 radical (unpaired) electrons. The number of hydrogen-bond acceptors (Lipinski definition) is 2. The minimum Gasteiger partial charge on any atom is -0.315 e. The Kier molecular flexibility index (Phi) is 3.70. The maximum absolute atomic E-state index is 8.66. The summed E-state index contributed by atoms with van der Waals surface area (Å²) in [5.41, 5.74) is -0.0851. The van der Waals surface area contributed by atoms with Gasteiger partial charge in [-0.2, -0.15) is 5.26 Å². The third-order valence-electron chi connectivity index (χ3n) is 1.87. The van der Waals surface area contributed by atoms with Crippen molar-refractivity contribution in [1.82, 2.24) is 5.32 Å². The van der Waals surface area contributed by atoms with Crippen LogP contribution in [-0.4, -0.2) is 13.1 Å². The summed E-state index contributed by atoms with van der Waals surface area (Å²) in [7, 11) is 0. The molecule has 1 heterocycles. The number of nitrogens with zero attached hydrogens (tertiary/aromatic N) is 1. The number of piperidine rings is 1. The largest absolute Gasteiger partial charge is 0.315 e. The van der Waals surface area contributed by atoms with Gasteiger partial charge < -0.3 is 5.32 Å². The summed E-state index contributed by atoms with van der Waals surface area (Å²) in [5.74, 6) is 0. The van der Waals surface area contributed by atoms with Crippen LogP contribution in [0.5, 0.6) is 0 Å². The van der Waals surface area contributed by atoms with Crippen molar-refractivity contribution in [3.63, 3.8) is 0 Å². The first-order valence-corrected chi connectivity index (χ1v) is 3.39. The second-order valence-corrected chi connectivity index (χ2v) is 2.95. The summed E-state index contributed by atoms with van der Waals surface area (Å²) in [5, 5.41) is 11.9. The lowest BCUT2D eigenvalue weighted by Gasteiger charge is -2.26. The van der Waals surface area contributed by atoms with E-state index in [0.29, 0.717) is 0 Å². The lowest BCUT2D eigenvalue weighted by atomic mass is 9.85. The molecule has 1 fully saturated rings. The molecule has 58 valence electrons. The maximum atomic E-state index is 8.66. The number of nitrogens with one attached hydrogen (secondary N) is 1. The number of hydrogen-bond donors (Lipinski definition) is 1. The van der Waals surface area contributed by atoms with E-state index in [1.165, 1.54) is 0 Å². The average Bonchev–Trinajstić information content (AvgIpc) is 1.90. The van der Waals surface area contributed by atoms with Crippen molar-refractivity contribution in [2.24, 2.45) is 5.41 Å². The zero-order valence-electron chi connectivity index (χ0n) is 6.18. The van der Waals surface area contributed by atoms with Gasteiger partial charge in [0.1, 0.15) is 0 Å². The van der Waals surface area contributed by atoms with E-state index in [1.807, 2.05) is 6.92 Å². The van der Waals surface area contributed by atoms with Gasteiger partial charge in [0, 0.05) is 6.54 Å². The SMILES string of the molecule is CC1(C#N)CCCNC1.Cl. The van der Waals surface area contributed by atoms with Crippen molar-refractivity contribution >= 4 is 12.4 Å². The molecule has 2 nitrogen and oxygen atoms in total. The Morgan fingerprint density at radius 3 is 2.60 bits per heavy atom. The molecule has 0 amide bonds. The van der Waals surface area contributed by atoms with Crippen LogP contribution in [0.3, 0.4) is 0 Å². The van der Waals surface area contributed by atoms with Crippen LogP contribution in [0.25, 0.3) is 0 Å².